The number of carbonyl (C=O) groups excluding carboxylic acids is 3. The molecule has 3 heterocycles. The van der Waals surface area contributed by atoms with Crippen molar-refractivity contribution in [2.24, 2.45) is 5.92 Å². The number of ketones is 2. The first kappa shape index (κ1) is 19.7. The van der Waals surface area contributed by atoms with Crippen LogP contribution in [0.15, 0.2) is 18.3 Å². The SMILES string of the molecule is Cc1ccc(C(=O)C2CCc3nc(NC(=O)OCC4CCCO4)sc3C2=O)cn1. The average Bonchev–Trinajstić information content (AvgIpc) is 3.36. The fourth-order valence-corrected chi connectivity index (χ4v) is 4.46. The lowest BCUT2D eigenvalue weighted by Crippen LogP contribution is -2.28. The number of pyridine rings is 1. The van der Waals surface area contributed by atoms with Gasteiger partial charge >= 0.3 is 6.09 Å². The highest BCUT2D eigenvalue weighted by Gasteiger charge is 2.36. The van der Waals surface area contributed by atoms with Gasteiger partial charge in [-0.25, -0.2) is 9.78 Å². The Morgan fingerprint density at radius 3 is 2.93 bits per heavy atom. The van der Waals surface area contributed by atoms with Crippen LogP contribution in [0.25, 0.3) is 0 Å². The summed E-state index contributed by atoms with van der Waals surface area (Å²) in [6.45, 7) is 2.72. The first-order valence-corrected chi connectivity index (χ1v) is 10.4. The van der Waals surface area contributed by atoms with E-state index in [0.29, 0.717) is 40.7 Å². The minimum atomic E-state index is -0.744. The number of rotatable bonds is 5. The van der Waals surface area contributed by atoms with Crippen LogP contribution in [0.3, 0.4) is 0 Å². The molecule has 1 aliphatic heterocycles. The van der Waals surface area contributed by atoms with Gasteiger partial charge in [0.25, 0.3) is 0 Å². The van der Waals surface area contributed by atoms with Crippen LogP contribution < -0.4 is 5.32 Å². The van der Waals surface area contributed by atoms with E-state index in [9.17, 15) is 14.4 Å². The Hall–Kier alpha value is -2.65. The highest BCUT2D eigenvalue weighted by atomic mass is 32.1. The third-order valence-electron chi connectivity index (χ3n) is 5.05. The van der Waals surface area contributed by atoms with E-state index in [1.54, 1.807) is 12.1 Å². The number of anilines is 1. The zero-order valence-electron chi connectivity index (χ0n) is 16.0. The number of aryl methyl sites for hydroxylation is 2. The second-order valence-corrected chi connectivity index (χ2v) is 8.16. The topological polar surface area (TPSA) is 107 Å². The van der Waals surface area contributed by atoms with Gasteiger partial charge in [0.15, 0.2) is 16.7 Å². The predicted molar refractivity (Wildman–Crippen MR) is 106 cm³/mol. The summed E-state index contributed by atoms with van der Waals surface area (Å²) in [4.78, 5) is 46.5. The van der Waals surface area contributed by atoms with Gasteiger partial charge in [-0.15, -0.1) is 0 Å². The van der Waals surface area contributed by atoms with Gasteiger partial charge in [-0.1, -0.05) is 11.3 Å². The van der Waals surface area contributed by atoms with Crippen molar-refractivity contribution >= 4 is 34.1 Å². The Bertz CT molecular complexity index is 934. The third kappa shape index (κ3) is 4.35. The second kappa shape index (κ2) is 8.38. The molecule has 2 aliphatic rings. The molecule has 2 aromatic rings. The summed E-state index contributed by atoms with van der Waals surface area (Å²) in [5.41, 5.74) is 1.85. The maximum Gasteiger partial charge on any atom is 0.413 e. The molecular formula is C20H21N3O5S. The summed E-state index contributed by atoms with van der Waals surface area (Å²) in [6.07, 6.45) is 3.55. The van der Waals surface area contributed by atoms with E-state index in [4.69, 9.17) is 9.47 Å². The number of amides is 1. The van der Waals surface area contributed by atoms with E-state index in [1.165, 1.54) is 6.20 Å². The monoisotopic (exact) mass is 415 g/mol. The van der Waals surface area contributed by atoms with E-state index in [0.717, 1.165) is 29.9 Å². The first-order chi connectivity index (χ1) is 14.0. The standard InChI is InChI=1S/C20H21N3O5S/c1-11-4-5-12(9-21-11)16(24)14-6-7-15-18(17(14)25)29-19(22-15)23-20(26)28-10-13-3-2-8-27-13/h4-5,9,13-14H,2-3,6-8,10H2,1H3,(H,22,23,26). The number of nitrogens with zero attached hydrogens (tertiary/aromatic N) is 2. The van der Waals surface area contributed by atoms with Crippen molar-refractivity contribution < 1.29 is 23.9 Å². The Morgan fingerprint density at radius 1 is 1.34 bits per heavy atom. The molecule has 4 rings (SSSR count). The number of ether oxygens (including phenoxy) is 2. The van der Waals surface area contributed by atoms with Crippen LogP contribution in [0, 0.1) is 12.8 Å². The summed E-state index contributed by atoms with van der Waals surface area (Å²) in [7, 11) is 0. The van der Waals surface area contributed by atoms with Crippen molar-refractivity contribution in [1.29, 1.82) is 0 Å². The minimum absolute atomic E-state index is 0.0603. The molecule has 2 atom stereocenters. The molecule has 2 aromatic heterocycles. The van der Waals surface area contributed by atoms with E-state index in [2.05, 4.69) is 15.3 Å². The van der Waals surface area contributed by atoms with Gasteiger partial charge in [-0.2, -0.15) is 0 Å². The van der Waals surface area contributed by atoms with Gasteiger partial charge in [-0.05, 0) is 44.7 Å². The molecular weight excluding hydrogens is 394 g/mol. The maximum absolute atomic E-state index is 12.9. The van der Waals surface area contributed by atoms with E-state index in [1.807, 2.05) is 6.92 Å². The van der Waals surface area contributed by atoms with Crippen molar-refractivity contribution in [3.05, 3.63) is 40.2 Å². The Kier molecular flexibility index (Phi) is 5.68. The summed E-state index contributed by atoms with van der Waals surface area (Å²) in [6, 6.07) is 3.44. The summed E-state index contributed by atoms with van der Waals surface area (Å²) in [5.74, 6) is -1.23. The molecule has 1 amide bonds. The third-order valence-corrected chi connectivity index (χ3v) is 6.08. The summed E-state index contributed by atoms with van der Waals surface area (Å²) < 4.78 is 10.6. The predicted octanol–water partition coefficient (Wildman–Crippen LogP) is 3.20. The average molecular weight is 415 g/mol. The van der Waals surface area contributed by atoms with E-state index >= 15 is 0 Å². The van der Waals surface area contributed by atoms with Gasteiger partial charge in [0.05, 0.1) is 22.6 Å². The molecule has 29 heavy (non-hydrogen) atoms. The molecule has 2 unspecified atom stereocenters. The highest BCUT2D eigenvalue weighted by Crippen LogP contribution is 2.33. The molecule has 0 spiro atoms. The molecule has 1 fully saturated rings. The first-order valence-electron chi connectivity index (χ1n) is 9.57. The molecule has 0 aromatic carbocycles. The number of thiazole rings is 1. The largest absolute Gasteiger partial charge is 0.447 e. The fraction of sp³-hybridized carbons (Fsp3) is 0.450. The quantitative estimate of drug-likeness (QED) is 0.590. The number of hydrogen-bond acceptors (Lipinski definition) is 8. The van der Waals surface area contributed by atoms with Gasteiger partial charge in [0.2, 0.25) is 0 Å². The van der Waals surface area contributed by atoms with E-state index < -0.39 is 12.0 Å². The van der Waals surface area contributed by atoms with Crippen molar-refractivity contribution in [2.75, 3.05) is 18.5 Å². The normalized spacial score (nSPS) is 20.9. The van der Waals surface area contributed by atoms with Crippen LogP contribution >= 0.6 is 11.3 Å². The molecule has 8 nitrogen and oxygen atoms in total. The maximum atomic E-state index is 12.9. The second-order valence-electron chi connectivity index (χ2n) is 7.16. The molecule has 152 valence electrons. The number of carbonyl (C=O) groups is 3. The molecule has 0 radical (unpaired) electrons. The van der Waals surface area contributed by atoms with Crippen LogP contribution in [0.1, 0.15) is 50.7 Å². The fourth-order valence-electron chi connectivity index (χ4n) is 3.47. The molecule has 1 N–H and O–H groups in total. The van der Waals surface area contributed by atoms with Crippen LogP contribution in [-0.2, 0) is 15.9 Å². The number of nitrogens with one attached hydrogen (secondary N) is 1. The zero-order valence-corrected chi connectivity index (χ0v) is 16.8. The molecule has 1 saturated heterocycles. The molecule has 0 saturated carbocycles. The van der Waals surface area contributed by atoms with Crippen LogP contribution in [0.5, 0.6) is 0 Å². The lowest BCUT2D eigenvalue weighted by Gasteiger charge is -2.18. The zero-order chi connectivity index (χ0) is 20.4. The Morgan fingerprint density at radius 2 is 2.21 bits per heavy atom. The minimum Gasteiger partial charge on any atom is -0.447 e. The smallest absolute Gasteiger partial charge is 0.413 e. The Labute approximate surface area is 171 Å². The Balaban J connectivity index is 1.40. The van der Waals surface area contributed by atoms with Gasteiger partial charge in [0.1, 0.15) is 6.61 Å². The van der Waals surface area contributed by atoms with Crippen LogP contribution in [-0.4, -0.2) is 46.9 Å². The lowest BCUT2D eigenvalue weighted by molar-refractivity contribution is 0.0484. The van der Waals surface area contributed by atoms with Crippen molar-refractivity contribution in [3.8, 4) is 0 Å². The van der Waals surface area contributed by atoms with Gasteiger partial charge in [-0.3, -0.25) is 19.9 Å². The number of Topliss-reactive ketones (excluding diaryl/α,β-unsaturated/α-hetero) is 2. The summed E-state index contributed by atoms with van der Waals surface area (Å²) >= 11 is 1.08. The lowest BCUT2D eigenvalue weighted by atomic mass is 9.84. The van der Waals surface area contributed by atoms with Crippen molar-refractivity contribution in [1.82, 2.24) is 9.97 Å². The van der Waals surface area contributed by atoms with Crippen LogP contribution in [0.4, 0.5) is 9.93 Å². The molecule has 9 heteroatoms. The van der Waals surface area contributed by atoms with Gasteiger partial charge < -0.3 is 9.47 Å². The summed E-state index contributed by atoms with van der Waals surface area (Å²) in [5, 5.41) is 2.87. The number of fused-ring (bicyclic) bond motifs is 1. The van der Waals surface area contributed by atoms with Gasteiger partial charge in [0, 0.05) is 24.1 Å². The van der Waals surface area contributed by atoms with Crippen molar-refractivity contribution in [3.63, 3.8) is 0 Å². The molecule has 0 bridgehead atoms. The van der Waals surface area contributed by atoms with Crippen LogP contribution in [0.2, 0.25) is 0 Å². The molecule has 1 aliphatic carbocycles. The highest BCUT2D eigenvalue weighted by molar-refractivity contribution is 7.17. The number of hydrogen-bond donors (Lipinski definition) is 1. The van der Waals surface area contributed by atoms with Crippen molar-refractivity contribution in [2.45, 2.75) is 38.7 Å². The number of aromatic nitrogens is 2. The van der Waals surface area contributed by atoms with E-state index in [-0.39, 0.29) is 24.3 Å².